The number of anilines is 2. The van der Waals surface area contributed by atoms with Crippen molar-refractivity contribution in [1.29, 1.82) is 10.5 Å². The molecule has 5 heteroatoms. The molecule has 2 rings (SSSR count). The molecule has 2 aromatic carbocycles. The molecule has 0 aliphatic carbocycles. The van der Waals surface area contributed by atoms with Gasteiger partial charge in [-0.25, -0.2) is 0 Å². The van der Waals surface area contributed by atoms with Gasteiger partial charge in [0, 0.05) is 16.9 Å². The number of nitrogens with zero attached hydrogens (tertiary/aromatic N) is 2. The van der Waals surface area contributed by atoms with Crippen LogP contribution in [0, 0.1) is 22.7 Å². The fraction of sp³-hybridized carbons (Fsp3) is 0. The van der Waals surface area contributed by atoms with Crippen LogP contribution in [0.15, 0.2) is 42.5 Å². The zero-order valence-corrected chi connectivity index (χ0v) is 10.4. The number of hydrogen-bond donors (Lipinski definition) is 2. The van der Waals surface area contributed by atoms with Crippen LogP contribution in [0.1, 0.15) is 21.5 Å². The number of amides is 1. The van der Waals surface area contributed by atoms with Crippen molar-refractivity contribution < 1.29 is 4.79 Å². The summed E-state index contributed by atoms with van der Waals surface area (Å²) in [4.78, 5) is 12.0. The van der Waals surface area contributed by atoms with Crippen LogP contribution >= 0.6 is 0 Å². The molecular weight excluding hydrogens is 252 g/mol. The number of nitrogens with two attached hydrogens (primary N) is 1. The van der Waals surface area contributed by atoms with Crippen LogP contribution in [0.4, 0.5) is 11.4 Å². The highest BCUT2D eigenvalue weighted by atomic mass is 16.1. The minimum Gasteiger partial charge on any atom is -0.399 e. The van der Waals surface area contributed by atoms with E-state index in [1.54, 1.807) is 30.3 Å². The van der Waals surface area contributed by atoms with Crippen LogP contribution in [0.2, 0.25) is 0 Å². The molecule has 0 atom stereocenters. The maximum Gasteiger partial charge on any atom is 0.255 e. The third-order valence-electron chi connectivity index (χ3n) is 2.69. The summed E-state index contributed by atoms with van der Waals surface area (Å²) in [6, 6.07) is 14.9. The molecule has 5 nitrogen and oxygen atoms in total. The summed E-state index contributed by atoms with van der Waals surface area (Å²) in [5, 5.41) is 20.4. The van der Waals surface area contributed by atoms with Gasteiger partial charge in [0.05, 0.1) is 11.1 Å². The first kappa shape index (κ1) is 13.1. The molecule has 0 aliphatic heterocycles. The fourth-order valence-electron chi connectivity index (χ4n) is 1.65. The Hall–Kier alpha value is -3.31. The second-order valence-electron chi connectivity index (χ2n) is 4.06. The van der Waals surface area contributed by atoms with E-state index in [4.69, 9.17) is 16.3 Å². The summed E-state index contributed by atoms with van der Waals surface area (Å²) >= 11 is 0. The highest BCUT2D eigenvalue weighted by Crippen LogP contribution is 2.16. The molecule has 3 N–H and O–H groups in total. The summed E-state index contributed by atoms with van der Waals surface area (Å²) in [5.41, 5.74) is 7.55. The lowest BCUT2D eigenvalue weighted by Gasteiger charge is -2.06. The third kappa shape index (κ3) is 2.74. The number of nitrogen functional groups attached to an aromatic ring is 1. The lowest BCUT2D eigenvalue weighted by molar-refractivity contribution is 0.102. The Balaban J connectivity index is 2.23. The zero-order valence-electron chi connectivity index (χ0n) is 10.4. The van der Waals surface area contributed by atoms with E-state index in [9.17, 15) is 4.79 Å². The molecule has 0 radical (unpaired) electrons. The molecule has 0 aromatic heterocycles. The minimum absolute atomic E-state index is 0.225. The van der Waals surface area contributed by atoms with Crippen molar-refractivity contribution >= 4 is 17.3 Å². The topological polar surface area (TPSA) is 103 Å². The van der Waals surface area contributed by atoms with E-state index < -0.39 is 0 Å². The summed E-state index contributed by atoms with van der Waals surface area (Å²) in [6.45, 7) is 0. The summed E-state index contributed by atoms with van der Waals surface area (Å²) in [7, 11) is 0. The molecule has 0 saturated carbocycles. The van der Waals surface area contributed by atoms with Gasteiger partial charge in [-0.05, 0) is 42.5 Å². The van der Waals surface area contributed by atoms with Crippen LogP contribution < -0.4 is 11.1 Å². The van der Waals surface area contributed by atoms with Gasteiger partial charge in [-0.2, -0.15) is 10.5 Å². The van der Waals surface area contributed by atoms with E-state index in [0.29, 0.717) is 16.9 Å². The summed E-state index contributed by atoms with van der Waals surface area (Å²) < 4.78 is 0. The fourth-order valence-corrected chi connectivity index (χ4v) is 1.65. The van der Waals surface area contributed by atoms with E-state index in [-0.39, 0.29) is 17.0 Å². The molecular formula is C15H10N4O. The van der Waals surface area contributed by atoms with Crippen LogP contribution in [-0.2, 0) is 0 Å². The Morgan fingerprint density at radius 1 is 1.00 bits per heavy atom. The second-order valence-corrected chi connectivity index (χ2v) is 4.06. The number of carbonyl (C=O) groups is 1. The van der Waals surface area contributed by atoms with E-state index in [0.717, 1.165) is 0 Å². The van der Waals surface area contributed by atoms with Crippen LogP contribution in [0.25, 0.3) is 0 Å². The maximum absolute atomic E-state index is 12.0. The van der Waals surface area contributed by atoms with E-state index in [1.807, 2.05) is 12.1 Å². The average Bonchev–Trinajstić information content (AvgIpc) is 2.47. The Morgan fingerprint density at radius 2 is 1.65 bits per heavy atom. The van der Waals surface area contributed by atoms with E-state index >= 15 is 0 Å². The van der Waals surface area contributed by atoms with Gasteiger partial charge in [-0.15, -0.1) is 0 Å². The molecule has 1 amide bonds. The Bertz CT molecular complexity index is 736. The number of rotatable bonds is 2. The second kappa shape index (κ2) is 5.55. The smallest absolute Gasteiger partial charge is 0.255 e. The Morgan fingerprint density at radius 3 is 2.25 bits per heavy atom. The SMILES string of the molecule is N#Cc1ccc(NC(=O)c2ccc(N)cc2)cc1C#N. The van der Waals surface area contributed by atoms with Crippen LogP contribution in [-0.4, -0.2) is 5.91 Å². The molecule has 0 bridgehead atoms. The molecule has 2 aromatic rings. The van der Waals surface area contributed by atoms with Crippen molar-refractivity contribution in [3.63, 3.8) is 0 Å². The third-order valence-corrected chi connectivity index (χ3v) is 2.69. The predicted octanol–water partition coefficient (Wildman–Crippen LogP) is 2.26. The van der Waals surface area contributed by atoms with Crippen molar-refractivity contribution in [2.24, 2.45) is 0 Å². The maximum atomic E-state index is 12.0. The normalized spacial score (nSPS) is 9.30. The number of hydrogen-bond acceptors (Lipinski definition) is 4. The van der Waals surface area contributed by atoms with Gasteiger partial charge < -0.3 is 11.1 Å². The van der Waals surface area contributed by atoms with E-state index in [2.05, 4.69) is 5.32 Å². The first-order chi connectivity index (χ1) is 9.63. The number of benzene rings is 2. The zero-order chi connectivity index (χ0) is 14.5. The van der Waals surface area contributed by atoms with Crippen molar-refractivity contribution in [3.8, 4) is 12.1 Å². The molecule has 20 heavy (non-hydrogen) atoms. The summed E-state index contributed by atoms with van der Waals surface area (Å²) in [6.07, 6.45) is 0. The molecule has 0 unspecified atom stereocenters. The molecule has 0 heterocycles. The summed E-state index contributed by atoms with van der Waals surface area (Å²) in [5.74, 6) is -0.307. The molecule has 0 spiro atoms. The minimum atomic E-state index is -0.307. The van der Waals surface area contributed by atoms with Crippen molar-refractivity contribution in [1.82, 2.24) is 0 Å². The van der Waals surface area contributed by atoms with Gasteiger partial charge in [0.25, 0.3) is 5.91 Å². The standard InChI is InChI=1S/C15H10N4O/c16-8-11-3-6-14(7-12(11)9-17)19-15(20)10-1-4-13(18)5-2-10/h1-7H,18H2,(H,19,20). The highest BCUT2D eigenvalue weighted by Gasteiger charge is 2.08. The predicted molar refractivity (Wildman–Crippen MR) is 74.7 cm³/mol. The first-order valence-electron chi connectivity index (χ1n) is 5.75. The van der Waals surface area contributed by atoms with Gasteiger partial charge in [-0.3, -0.25) is 4.79 Å². The lowest BCUT2D eigenvalue weighted by Crippen LogP contribution is -2.12. The van der Waals surface area contributed by atoms with Gasteiger partial charge >= 0.3 is 0 Å². The average molecular weight is 262 g/mol. The number of carbonyl (C=O) groups excluding carboxylic acids is 1. The van der Waals surface area contributed by atoms with E-state index in [1.165, 1.54) is 12.1 Å². The molecule has 0 fully saturated rings. The lowest BCUT2D eigenvalue weighted by atomic mass is 10.1. The van der Waals surface area contributed by atoms with Gasteiger partial charge in [0.2, 0.25) is 0 Å². The molecule has 96 valence electrons. The molecule has 0 aliphatic rings. The Labute approximate surface area is 115 Å². The van der Waals surface area contributed by atoms with Crippen molar-refractivity contribution in [2.45, 2.75) is 0 Å². The van der Waals surface area contributed by atoms with Crippen LogP contribution in [0.5, 0.6) is 0 Å². The van der Waals surface area contributed by atoms with Crippen molar-refractivity contribution in [3.05, 3.63) is 59.2 Å². The molecule has 0 saturated heterocycles. The number of nitrogens with one attached hydrogen (secondary N) is 1. The number of nitriles is 2. The van der Waals surface area contributed by atoms with Crippen LogP contribution in [0.3, 0.4) is 0 Å². The van der Waals surface area contributed by atoms with Gasteiger partial charge in [-0.1, -0.05) is 0 Å². The van der Waals surface area contributed by atoms with Crippen molar-refractivity contribution in [2.75, 3.05) is 11.1 Å². The van der Waals surface area contributed by atoms with Gasteiger partial charge in [0.15, 0.2) is 0 Å². The highest BCUT2D eigenvalue weighted by molar-refractivity contribution is 6.04. The monoisotopic (exact) mass is 262 g/mol. The largest absolute Gasteiger partial charge is 0.399 e. The Kier molecular flexibility index (Phi) is 3.65. The van der Waals surface area contributed by atoms with Gasteiger partial charge in [0.1, 0.15) is 12.1 Å². The quantitative estimate of drug-likeness (QED) is 0.810. The first-order valence-corrected chi connectivity index (χ1v) is 5.75.